The molecule has 0 radical (unpaired) electrons. The fourth-order valence-electron chi connectivity index (χ4n) is 3.13. The van der Waals surface area contributed by atoms with Crippen molar-refractivity contribution in [3.05, 3.63) is 114 Å². The Morgan fingerprint density at radius 1 is 0.806 bits per heavy atom. The SMILES string of the molecule is O=C(Cc1noc(C(=O)NC(c2ccccc2)c2ccccc2)n1)Nc1ccccc1. The number of benzene rings is 3. The molecule has 0 atom stereocenters. The van der Waals surface area contributed by atoms with E-state index in [2.05, 4.69) is 20.8 Å². The maximum absolute atomic E-state index is 12.8. The average molecular weight is 412 g/mol. The van der Waals surface area contributed by atoms with Gasteiger partial charge in [-0.15, -0.1) is 0 Å². The fourth-order valence-corrected chi connectivity index (χ4v) is 3.13. The van der Waals surface area contributed by atoms with E-state index in [1.165, 1.54) is 0 Å². The minimum Gasteiger partial charge on any atom is -0.337 e. The lowest BCUT2D eigenvalue weighted by Gasteiger charge is -2.18. The molecule has 4 rings (SSSR count). The minimum absolute atomic E-state index is 0.105. The lowest BCUT2D eigenvalue weighted by molar-refractivity contribution is -0.115. The van der Waals surface area contributed by atoms with Crippen molar-refractivity contribution in [2.45, 2.75) is 12.5 Å². The van der Waals surface area contributed by atoms with Crippen molar-refractivity contribution in [1.82, 2.24) is 15.5 Å². The van der Waals surface area contributed by atoms with E-state index >= 15 is 0 Å². The maximum Gasteiger partial charge on any atom is 0.315 e. The predicted octanol–water partition coefficient (Wildman–Crippen LogP) is 3.77. The predicted molar refractivity (Wildman–Crippen MR) is 115 cm³/mol. The standard InChI is InChI=1S/C24H20N4O3/c29-21(25-19-14-8-3-9-15-19)16-20-26-24(31-28-20)23(30)27-22(17-10-4-1-5-11-17)18-12-6-2-7-13-18/h1-15,22H,16H2,(H,25,29)(H,27,30). The van der Waals surface area contributed by atoms with Crippen LogP contribution in [0.2, 0.25) is 0 Å². The Labute approximate surface area is 179 Å². The van der Waals surface area contributed by atoms with Crippen molar-refractivity contribution < 1.29 is 14.1 Å². The molecule has 2 amide bonds. The summed E-state index contributed by atoms with van der Waals surface area (Å²) in [6.07, 6.45) is -0.105. The average Bonchev–Trinajstić information content (AvgIpc) is 3.27. The summed E-state index contributed by atoms with van der Waals surface area (Å²) in [5, 5.41) is 9.44. The van der Waals surface area contributed by atoms with Gasteiger partial charge in [-0.1, -0.05) is 84.0 Å². The molecule has 0 saturated carbocycles. The Balaban J connectivity index is 1.45. The van der Waals surface area contributed by atoms with Crippen LogP contribution in [0, 0.1) is 0 Å². The number of para-hydroxylation sites is 1. The van der Waals surface area contributed by atoms with Crippen molar-refractivity contribution in [3.8, 4) is 0 Å². The summed E-state index contributed by atoms with van der Waals surface area (Å²) in [4.78, 5) is 29.0. The number of amides is 2. The zero-order valence-corrected chi connectivity index (χ0v) is 16.6. The van der Waals surface area contributed by atoms with Gasteiger partial charge in [0.15, 0.2) is 5.82 Å². The van der Waals surface area contributed by atoms with Crippen LogP contribution >= 0.6 is 0 Å². The zero-order valence-electron chi connectivity index (χ0n) is 16.6. The molecule has 7 heteroatoms. The molecule has 31 heavy (non-hydrogen) atoms. The van der Waals surface area contributed by atoms with E-state index in [-0.39, 0.29) is 30.1 Å². The first kappa shape index (κ1) is 20.0. The van der Waals surface area contributed by atoms with E-state index in [1.54, 1.807) is 12.1 Å². The third-order valence-electron chi connectivity index (χ3n) is 4.58. The number of nitrogens with one attached hydrogen (secondary N) is 2. The van der Waals surface area contributed by atoms with Crippen molar-refractivity contribution in [1.29, 1.82) is 0 Å². The van der Waals surface area contributed by atoms with E-state index in [4.69, 9.17) is 4.52 Å². The second-order valence-corrected chi connectivity index (χ2v) is 6.83. The summed E-state index contributed by atoms with van der Waals surface area (Å²) in [6.45, 7) is 0. The molecule has 1 aromatic heterocycles. The van der Waals surface area contributed by atoms with Gasteiger partial charge in [0.05, 0.1) is 12.5 Å². The minimum atomic E-state index is -0.514. The molecule has 0 unspecified atom stereocenters. The molecule has 0 aliphatic carbocycles. The highest BCUT2D eigenvalue weighted by Gasteiger charge is 2.22. The summed E-state index contributed by atoms with van der Waals surface area (Å²) in [6, 6.07) is 27.9. The molecular weight excluding hydrogens is 392 g/mol. The van der Waals surface area contributed by atoms with Crippen LogP contribution in [-0.2, 0) is 11.2 Å². The summed E-state index contributed by atoms with van der Waals surface area (Å²) in [7, 11) is 0. The Kier molecular flexibility index (Phi) is 6.13. The molecule has 0 fully saturated rings. The summed E-state index contributed by atoms with van der Waals surface area (Å²) in [5.41, 5.74) is 2.51. The second-order valence-electron chi connectivity index (χ2n) is 6.83. The number of hydrogen-bond acceptors (Lipinski definition) is 5. The van der Waals surface area contributed by atoms with E-state index in [9.17, 15) is 9.59 Å². The number of nitrogens with zero attached hydrogens (tertiary/aromatic N) is 2. The van der Waals surface area contributed by atoms with Crippen LogP contribution in [0.4, 0.5) is 5.69 Å². The second kappa shape index (κ2) is 9.49. The van der Waals surface area contributed by atoms with Gasteiger partial charge in [0.25, 0.3) is 0 Å². The highest BCUT2D eigenvalue weighted by molar-refractivity contribution is 5.92. The first-order valence-corrected chi connectivity index (χ1v) is 9.77. The molecule has 0 bridgehead atoms. The van der Waals surface area contributed by atoms with Gasteiger partial charge in [0.1, 0.15) is 0 Å². The topological polar surface area (TPSA) is 97.1 Å². The molecule has 0 aliphatic heterocycles. The van der Waals surface area contributed by atoms with Crippen LogP contribution in [0.15, 0.2) is 95.5 Å². The quantitative estimate of drug-likeness (QED) is 0.482. The van der Waals surface area contributed by atoms with E-state index in [0.29, 0.717) is 5.69 Å². The molecule has 0 spiro atoms. The highest BCUT2D eigenvalue weighted by atomic mass is 16.5. The van der Waals surface area contributed by atoms with Crippen LogP contribution in [0.1, 0.15) is 33.7 Å². The Morgan fingerprint density at radius 2 is 1.35 bits per heavy atom. The number of hydrogen-bond donors (Lipinski definition) is 2. The molecule has 4 aromatic rings. The lowest BCUT2D eigenvalue weighted by atomic mass is 9.99. The third-order valence-corrected chi connectivity index (χ3v) is 4.58. The van der Waals surface area contributed by atoms with Crippen LogP contribution < -0.4 is 10.6 Å². The number of carbonyl (C=O) groups is 2. The summed E-state index contributed by atoms with van der Waals surface area (Å²) >= 11 is 0. The van der Waals surface area contributed by atoms with Gasteiger partial charge in [0.2, 0.25) is 5.91 Å². The molecular formula is C24H20N4O3. The molecule has 0 saturated heterocycles. The Bertz CT molecular complexity index is 1110. The zero-order chi connectivity index (χ0) is 21.5. The van der Waals surface area contributed by atoms with Gasteiger partial charge in [-0.05, 0) is 23.3 Å². The Hall–Kier alpha value is -4.26. The van der Waals surface area contributed by atoms with Crippen molar-refractivity contribution >= 4 is 17.5 Å². The number of anilines is 1. The smallest absolute Gasteiger partial charge is 0.315 e. The molecule has 3 aromatic carbocycles. The van der Waals surface area contributed by atoms with Gasteiger partial charge < -0.3 is 15.2 Å². The maximum atomic E-state index is 12.8. The van der Waals surface area contributed by atoms with E-state index in [1.807, 2.05) is 78.9 Å². The van der Waals surface area contributed by atoms with Crippen molar-refractivity contribution in [2.24, 2.45) is 0 Å². The summed E-state index contributed by atoms with van der Waals surface area (Å²) in [5.74, 6) is -0.876. The van der Waals surface area contributed by atoms with Gasteiger partial charge in [-0.2, -0.15) is 4.98 Å². The van der Waals surface area contributed by atoms with E-state index < -0.39 is 5.91 Å². The fraction of sp³-hybridized carbons (Fsp3) is 0.0833. The largest absolute Gasteiger partial charge is 0.337 e. The van der Waals surface area contributed by atoms with Crippen molar-refractivity contribution in [2.75, 3.05) is 5.32 Å². The summed E-state index contributed by atoms with van der Waals surface area (Å²) < 4.78 is 5.10. The van der Waals surface area contributed by atoms with E-state index in [0.717, 1.165) is 11.1 Å². The normalized spacial score (nSPS) is 10.6. The highest BCUT2D eigenvalue weighted by Crippen LogP contribution is 2.22. The van der Waals surface area contributed by atoms with Gasteiger partial charge in [-0.3, -0.25) is 9.59 Å². The third kappa shape index (κ3) is 5.22. The van der Waals surface area contributed by atoms with Crippen LogP contribution in [-0.4, -0.2) is 22.0 Å². The molecule has 0 aliphatic rings. The number of carbonyl (C=O) groups excluding carboxylic acids is 2. The Morgan fingerprint density at radius 3 is 1.94 bits per heavy atom. The number of rotatable bonds is 7. The first-order chi connectivity index (χ1) is 15.2. The monoisotopic (exact) mass is 412 g/mol. The molecule has 2 N–H and O–H groups in total. The van der Waals surface area contributed by atoms with Crippen LogP contribution in [0.25, 0.3) is 0 Å². The number of aromatic nitrogens is 2. The van der Waals surface area contributed by atoms with Crippen LogP contribution in [0.3, 0.4) is 0 Å². The lowest BCUT2D eigenvalue weighted by Crippen LogP contribution is -2.29. The first-order valence-electron chi connectivity index (χ1n) is 9.77. The molecule has 154 valence electrons. The van der Waals surface area contributed by atoms with Crippen molar-refractivity contribution in [3.63, 3.8) is 0 Å². The molecule has 7 nitrogen and oxygen atoms in total. The van der Waals surface area contributed by atoms with Gasteiger partial charge in [0, 0.05) is 5.69 Å². The van der Waals surface area contributed by atoms with Gasteiger partial charge >= 0.3 is 11.8 Å². The molecule has 1 heterocycles. The van der Waals surface area contributed by atoms with Crippen LogP contribution in [0.5, 0.6) is 0 Å². The van der Waals surface area contributed by atoms with Gasteiger partial charge in [-0.25, -0.2) is 0 Å².